The topological polar surface area (TPSA) is 66.5 Å². The van der Waals surface area contributed by atoms with Gasteiger partial charge in [-0.15, -0.1) is 0 Å². The molecule has 112 valence electrons. The van der Waals surface area contributed by atoms with E-state index in [1.54, 1.807) is 0 Å². The van der Waals surface area contributed by atoms with Crippen LogP contribution in [-0.4, -0.2) is 44.5 Å². The summed E-state index contributed by atoms with van der Waals surface area (Å²) >= 11 is 0. The molecule has 0 unspecified atom stereocenters. The zero-order valence-corrected chi connectivity index (χ0v) is 13.0. The van der Waals surface area contributed by atoms with Crippen molar-refractivity contribution >= 4 is 15.9 Å². The Bertz CT molecular complexity index is 529. The smallest absolute Gasteiger partial charge is 0.235 e. The molecule has 0 radical (unpaired) electrons. The highest BCUT2D eigenvalue weighted by Crippen LogP contribution is 2.04. The summed E-state index contributed by atoms with van der Waals surface area (Å²) in [6.07, 6.45) is 2.78. The van der Waals surface area contributed by atoms with Crippen LogP contribution in [0.15, 0.2) is 30.3 Å². The van der Waals surface area contributed by atoms with Crippen LogP contribution in [0.5, 0.6) is 0 Å². The number of hydrogen-bond acceptors (Lipinski definition) is 3. The normalized spacial score (nSPS) is 13.2. The summed E-state index contributed by atoms with van der Waals surface area (Å²) in [5.41, 5.74) is 1.22. The van der Waals surface area contributed by atoms with Gasteiger partial charge in [-0.05, 0) is 25.3 Å². The molecule has 0 aliphatic rings. The van der Waals surface area contributed by atoms with Gasteiger partial charge in [-0.2, -0.15) is 4.31 Å². The van der Waals surface area contributed by atoms with Crippen LogP contribution in [-0.2, 0) is 21.2 Å². The second kappa shape index (κ2) is 7.40. The van der Waals surface area contributed by atoms with Crippen molar-refractivity contribution in [1.29, 1.82) is 0 Å². The summed E-state index contributed by atoms with van der Waals surface area (Å²) < 4.78 is 23.5. The van der Waals surface area contributed by atoms with Crippen LogP contribution in [0, 0.1) is 0 Å². The first-order valence-corrected chi connectivity index (χ1v) is 8.38. The molecule has 0 heterocycles. The number of nitrogens with one attached hydrogen (secondary N) is 1. The van der Waals surface area contributed by atoms with E-state index in [9.17, 15) is 13.2 Å². The molecule has 1 amide bonds. The SMILES string of the molecule is C[C@@H](CCc1ccccc1)NC(=O)CN(C)S(C)(=O)=O. The van der Waals surface area contributed by atoms with Crippen molar-refractivity contribution in [3.05, 3.63) is 35.9 Å². The molecule has 5 nitrogen and oxygen atoms in total. The zero-order valence-electron chi connectivity index (χ0n) is 12.2. The number of carbonyl (C=O) groups is 1. The molecule has 0 saturated carbocycles. The van der Waals surface area contributed by atoms with Crippen molar-refractivity contribution in [1.82, 2.24) is 9.62 Å². The van der Waals surface area contributed by atoms with Crippen molar-refractivity contribution in [2.75, 3.05) is 19.8 Å². The van der Waals surface area contributed by atoms with Gasteiger partial charge in [0.05, 0.1) is 12.8 Å². The van der Waals surface area contributed by atoms with E-state index in [-0.39, 0.29) is 18.5 Å². The maximum absolute atomic E-state index is 11.7. The lowest BCUT2D eigenvalue weighted by Crippen LogP contribution is -2.41. The number of likely N-dealkylation sites (N-methyl/N-ethyl adjacent to an activating group) is 1. The van der Waals surface area contributed by atoms with Gasteiger partial charge in [0.2, 0.25) is 15.9 Å². The molecule has 0 bridgehead atoms. The molecule has 0 aromatic heterocycles. The monoisotopic (exact) mass is 298 g/mol. The average molecular weight is 298 g/mol. The Labute approximate surface area is 121 Å². The fourth-order valence-corrected chi connectivity index (χ4v) is 2.09. The highest BCUT2D eigenvalue weighted by Gasteiger charge is 2.16. The lowest BCUT2D eigenvalue weighted by Gasteiger charge is -2.17. The van der Waals surface area contributed by atoms with E-state index in [0.717, 1.165) is 23.4 Å². The van der Waals surface area contributed by atoms with Gasteiger partial charge in [0.25, 0.3) is 0 Å². The van der Waals surface area contributed by atoms with Gasteiger partial charge < -0.3 is 5.32 Å². The molecule has 1 aromatic rings. The molecule has 20 heavy (non-hydrogen) atoms. The molecule has 1 aromatic carbocycles. The summed E-state index contributed by atoms with van der Waals surface area (Å²) in [6, 6.07) is 10.0. The number of aryl methyl sites for hydroxylation is 1. The Balaban J connectivity index is 2.35. The minimum Gasteiger partial charge on any atom is -0.352 e. The van der Waals surface area contributed by atoms with Crippen LogP contribution in [0.4, 0.5) is 0 Å². The van der Waals surface area contributed by atoms with E-state index < -0.39 is 10.0 Å². The standard InChI is InChI=1S/C14H22N2O3S/c1-12(9-10-13-7-5-4-6-8-13)15-14(17)11-16(2)20(3,18)19/h4-8,12H,9-11H2,1-3H3,(H,15,17)/t12-/m0/s1. The van der Waals surface area contributed by atoms with Gasteiger partial charge in [0.15, 0.2) is 0 Å². The highest BCUT2D eigenvalue weighted by atomic mass is 32.2. The van der Waals surface area contributed by atoms with Crippen LogP contribution in [0.25, 0.3) is 0 Å². The molecule has 6 heteroatoms. The molecule has 1 atom stereocenters. The highest BCUT2D eigenvalue weighted by molar-refractivity contribution is 7.88. The second-order valence-electron chi connectivity index (χ2n) is 5.01. The van der Waals surface area contributed by atoms with E-state index in [0.29, 0.717) is 0 Å². The van der Waals surface area contributed by atoms with E-state index in [1.807, 2.05) is 37.3 Å². The summed E-state index contributed by atoms with van der Waals surface area (Å²) in [7, 11) is -1.92. The third kappa shape index (κ3) is 6.16. The summed E-state index contributed by atoms with van der Waals surface area (Å²) in [4.78, 5) is 11.7. The van der Waals surface area contributed by atoms with Gasteiger partial charge in [-0.25, -0.2) is 8.42 Å². The maximum atomic E-state index is 11.7. The lowest BCUT2D eigenvalue weighted by molar-refractivity contribution is -0.121. The predicted octanol–water partition coefficient (Wildman–Crippen LogP) is 1.02. The number of carbonyl (C=O) groups excluding carboxylic acids is 1. The summed E-state index contributed by atoms with van der Waals surface area (Å²) in [5.74, 6) is -0.279. The largest absolute Gasteiger partial charge is 0.352 e. The van der Waals surface area contributed by atoms with Crippen molar-refractivity contribution < 1.29 is 13.2 Å². The predicted molar refractivity (Wildman–Crippen MR) is 79.8 cm³/mol. The first-order chi connectivity index (χ1) is 9.29. The van der Waals surface area contributed by atoms with Gasteiger partial charge in [-0.3, -0.25) is 4.79 Å². The second-order valence-corrected chi connectivity index (χ2v) is 7.10. The van der Waals surface area contributed by atoms with Crippen molar-refractivity contribution in [2.45, 2.75) is 25.8 Å². The fraction of sp³-hybridized carbons (Fsp3) is 0.500. The van der Waals surface area contributed by atoms with Crippen LogP contribution in [0.1, 0.15) is 18.9 Å². The van der Waals surface area contributed by atoms with Gasteiger partial charge in [0, 0.05) is 13.1 Å². The molecular weight excluding hydrogens is 276 g/mol. The van der Waals surface area contributed by atoms with Crippen LogP contribution < -0.4 is 5.32 Å². The number of nitrogens with zero attached hydrogens (tertiary/aromatic N) is 1. The first kappa shape index (κ1) is 16.7. The minimum atomic E-state index is -3.32. The van der Waals surface area contributed by atoms with Crippen molar-refractivity contribution in [2.24, 2.45) is 0 Å². The van der Waals surface area contributed by atoms with Crippen LogP contribution in [0.3, 0.4) is 0 Å². The number of sulfonamides is 1. The molecule has 0 spiro atoms. The Morgan fingerprint density at radius 3 is 2.45 bits per heavy atom. The quantitative estimate of drug-likeness (QED) is 0.817. The van der Waals surface area contributed by atoms with Crippen LogP contribution >= 0.6 is 0 Å². The van der Waals surface area contributed by atoms with Crippen molar-refractivity contribution in [3.63, 3.8) is 0 Å². The minimum absolute atomic E-state index is 0.00988. The number of benzene rings is 1. The van der Waals surface area contributed by atoms with Crippen molar-refractivity contribution in [3.8, 4) is 0 Å². The average Bonchev–Trinajstić information content (AvgIpc) is 2.36. The van der Waals surface area contributed by atoms with E-state index in [4.69, 9.17) is 0 Å². The zero-order chi connectivity index (χ0) is 15.2. The third-order valence-corrected chi connectivity index (χ3v) is 4.31. The first-order valence-electron chi connectivity index (χ1n) is 6.53. The molecular formula is C14H22N2O3S. The Morgan fingerprint density at radius 1 is 1.30 bits per heavy atom. The molecule has 0 fully saturated rings. The Kier molecular flexibility index (Phi) is 6.16. The fourth-order valence-electron chi connectivity index (χ4n) is 1.74. The molecule has 1 rings (SSSR count). The third-order valence-electron chi connectivity index (χ3n) is 3.05. The van der Waals surface area contributed by atoms with E-state index in [1.165, 1.54) is 12.6 Å². The summed E-state index contributed by atoms with van der Waals surface area (Å²) in [5, 5.41) is 2.81. The maximum Gasteiger partial charge on any atom is 0.235 e. The molecule has 0 aliphatic heterocycles. The van der Waals surface area contributed by atoms with Crippen LogP contribution in [0.2, 0.25) is 0 Å². The van der Waals surface area contributed by atoms with E-state index >= 15 is 0 Å². The molecule has 1 N–H and O–H groups in total. The molecule has 0 aliphatic carbocycles. The lowest BCUT2D eigenvalue weighted by atomic mass is 10.1. The summed E-state index contributed by atoms with van der Waals surface area (Å²) in [6.45, 7) is 1.77. The number of hydrogen-bond donors (Lipinski definition) is 1. The molecule has 0 saturated heterocycles. The van der Waals surface area contributed by atoms with Gasteiger partial charge in [-0.1, -0.05) is 30.3 Å². The number of rotatable bonds is 7. The number of amides is 1. The van der Waals surface area contributed by atoms with E-state index in [2.05, 4.69) is 5.32 Å². The van der Waals surface area contributed by atoms with Gasteiger partial charge in [0.1, 0.15) is 0 Å². The Hall–Kier alpha value is -1.40. The van der Waals surface area contributed by atoms with Gasteiger partial charge >= 0.3 is 0 Å². The Morgan fingerprint density at radius 2 is 1.90 bits per heavy atom.